The number of rotatable bonds is 1. The SMILES string of the molecule is CCO.CCn1ccc2ccc(C#N)cc21. The lowest BCUT2D eigenvalue weighted by atomic mass is 10.2. The van der Waals surface area contributed by atoms with Gasteiger partial charge in [-0.15, -0.1) is 0 Å². The van der Waals surface area contributed by atoms with Gasteiger partial charge in [0.15, 0.2) is 0 Å². The van der Waals surface area contributed by atoms with Crippen LogP contribution in [-0.4, -0.2) is 16.3 Å². The summed E-state index contributed by atoms with van der Waals surface area (Å²) in [5, 5.41) is 17.5. The molecule has 0 fully saturated rings. The molecule has 0 saturated carbocycles. The normalized spacial score (nSPS) is 9.38. The average molecular weight is 216 g/mol. The quantitative estimate of drug-likeness (QED) is 0.796. The predicted molar refractivity (Wildman–Crippen MR) is 65.1 cm³/mol. The van der Waals surface area contributed by atoms with Crippen molar-refractivity contribution in [1.29, 1.82) is 5.26 Å². The fourth-order valence-electron chi connectivity index (χ4n) is 1.53. The van der Waals surface area contributed by atoms with Gasteiger partial charge in [0.2, 0.25) is 0 Å². The minimum absolute atomic E-state index is 0.250. The Morgan fingerprint density at radius 3 is 2.56 bits per heavy atom. The molecule has 16 heavy (non-hydrogen) atoms. The highest BCUT2D eigenvalue weighted by Crippen LogP contribution is 2.16. The minimum atomic E-state index is 0.250. The van der Waals surface area contributed by atoms with Gasteiger partial charge in [0, 0.05) is 24.9 Å². The molecule has 3 heteroatoms. The Morgan fingerprint density at radius 2 is 2.00 bits per heavy atom. The van der Waals surface area contributed by atoms with Crippen LogP contribution in [0.25, 0.3) is 10.9 Å². The Kier molecular flexibility index (Phi) is 4.56. The molecule has 84 valence electrons. The number of aryl methyl sites for hydroxylation is 1. The van der Waals surface area contributed by atoms with Crippen LogP contribution in [0.4, 0.5) is 0 Å². The smallest absolute Gasteiger partial charge is 0.0992 e. The molecular formula is C13H16N2O. The summed E-state index contributed by atoms with van der Waals surface area (Å²) >= 11 is 0. The molecule has 1 aromatic heterocycles. The summed E-state index contributed by atoms with van der Waals surface area (Å²) in [6.07, 6.45) is 2.05. The van der Waals surface area contributed by atoms with Gasteiger partial charge in [-0.25, -0.2) is 0 Å². The second-order valence-corrected chi connectivity index (χ2v) is 3.30. The Morgan fingerprint density at radius 1 is 1.31 bits per heavy atom. The summed E-state index contributed by atoms with van der Waals surface area (Å²) in [4.78, 5) is 0. The largest absolute Gasteiger partial charge is 0.397 e. The van der Waals surface area contributed by atoms with Crippen LogP contribution in [0.2, 0.25) is 0 Å². The van der Waals surface area contributed by atoms with Crippen molar-refractivity contribution in [2.24, 2.45) is 0 Å². The molecule has 0 spiro atoms. The number of benzene rings is 1. The number of fused-ring (bicyclic) bond motifs is 1. The van der Waals surface area contributed by atoms with E-state index in [1.165, 1.54) is 5.39 Å². The zero-order valence-electron chi connectivity index (χ0n) is 9.64. The molecule has 0 saturated heterocycles. The van der Waals surface area contributed by atoms with Crippen LogP contribution in [-0.2, 0) is 6.54 Å². The molecule has 0 aliphatic rings. The lowest BCUT2D eigenvalue weighted by molar-refractivity contribution is 0.318. The number of nitrogens with zero attached hydrogens (tertiary/aromatic N) is 2. The topological polar surface area (TPSA) is 49.0 Å². The van der Waals surface area contributed by atoms with Crippen LogP contribution in [0.1, 0.15) is 19.4 Å². The second-order valence-electron chi connectivity index (χ2n) is 3.30. The maximum atomic E-state index is 8.74. The van der Waals surface area contributed by atoms with Crippen LogP contribution < -0.4 is 0 Å². The summed E-state index contributed by atoms with van der Waals surface area (Å²) in [6.45, 7) is 4.97. The molecule has 2 aromatic rings. The van der Waals surface area contributed by atoms with E-state index in [9.17, 15) is 0 Å². The summed E-state index contributed by atoms with van der Waals surface area (Å²) in [5.74, 6) is 0. The highest BCUT2D eigenvalue weighted by atomic mass is 16.2. The summed E-state index contributed by atoms with van der Waals surface area (Å²) in [7, 11) is 0. The van der Waals surface area contributed by atoms with E-state index in [0.29, 0.717) is 0 Å². The highest BCUT2D eigenvalue weighted by molar-refractivity contribution is 5.81. The molecule has 1 heterocycles. The monoisotopic (exact) mass is 216 g/mol. The first-order valence-corrected chi connectivity index (χ1v) is 5.36. The molecule has 0 aliphatic carbocycles. The molecule has 0 aliphatic heterocycles. The number of hydrogen-bond acceptors (Lipinski definition) is 2. The molecule has 0 atom stereocenters. The van der Waals surface area contributed by atoms with Gasteiger partial charge in [-0.05, 0) is 37.4 Å². The van der Waals surface area contributed by atoms with E-state index in [1.54, 1.807) is 6.92 Å². The van der Waals surface area contributed by atoms with Gasteiger partial charge in [-0.3, -0.25) is 0 Å². The number of hydrogen-bond donors (Lipinski definition) is 1. The van der Waals surface area contributed by atoms with Gasteiger partial charge in [0.1, 0.15) is 0 Å². The summed E-state index contributed by atoms with van der Waals surface area (Å²) in [6, 6.07) is 9.98. The van der Waals surface area contributed by atoms with E-state index >= 15 is 0 Å². The van der Waals surface area contributed by atoms with Crippen molar-refractivity contribution in [3.8, 4) is 6.07 Å². The number of nitriles is 1. The Hall–Kier alpha value is -1.79. The van der Waals surface area contributed by atoms with Crippen molar-refractivity contribution in [1.82, 2.24) is 4.57 Å². The predicted octanol–water partition coefficient (Wildman–Crippen LogP) is 2.53. The summed E-state index contributed by atoms with van der Waals surface area (Å²) in [5.41, 5.74) is 1.86. The van der Waals surface area contributed by atoms with E-state index in [-0.39, 0.29) is 6.61 Å². The van der Waals surface area contributed by atoms with Crippen molar-refractivity contribution in [2.45, 2.75) is 20.4 Å². The first kappa shape index (κ1) is 12.3. The molecule has 1 aromatic carbocycles. The van der Waals surface area contributed by atoms with Crippen LogP contribution in [0.3, 0.4) is 0 Å². The molecule has 0 amide bonds. The highest BCUT2D eigenvalue weighted by Gasteiger charge is 1.99. The number of aromatic nitrogens is 1. The molecule has 0 bridgehead atoms. The molecule has 3 nitrogen and oxygen atoms in total. The Labute approximate surface area is 95.5 Å². The van der Waals surface area contributed by atoms with Gasteiger partial charge in [0.25, 0.3) is 0 Å². The van der Waals surface area contributed by atoms with E-state index < -0.39 is 0 Å². The van der Waals surface area contributed by atoms with Crippen LogP contribution in [0.15, 0.2) is 30.5 Å². The van der Waals surface area contributed by atoms with Gasteiger partial charge in [0.05, 0.1) is 11.6 Å². The fourth-order valence-corrected chi connectivity index (χ4v) is 1.53. The van der Waals surface area contributed by atoms with Crippen LogP contribution in [0, 0.1) is 11.3 Å². The maximum absolute atomic E-state index is 8.74. The zero-order chi connectivity index (χ0) is 12.0. The van der Waals surface area contributed by atoms with Crippen molar-refractivity contribution in [3.05, 3.63) is 36.0 Å². The minimum Gasteiger partial charge on any atom is -0.397 e. The first-order valence-electron chi connectivity index (χ1n) is 5.36. The number of aliphatic hydroxyl groups is 1. The third-order valence-corrected chi connectivity index (χ3v) is 2.24. The van der Waals surface area contributed by atoms with E-state index in [1.807, 2.05) is 24.4 Å². The van der Waals surface area contributed by atoms with Crippen molar-refractivity contribution in [3.63, 3.8) is 0 Å². The van der Waals surface area contributed by atoms with Gasteiger partial charge in [-0.1, -0.05) is 6.07 Å². The van der Waals surface area contributed by atoms with E-state index in [2.05, 4.69) is 23.6 Å². The zero-order valence-corrected chi connectivity index (χ0v) is 9.64. The van der Waals surface area contributed by atoms with Gasteiger partial charge < -0.3 is 9.67 Å². The lowest BCUT2D eigenvalue weighted by Gasteiger charge is -1.99. The van der Waals surface area contributed by atoms with Crippen molar-refractivity contribution < 1.29 is 5.11 Å². The molecular weight excluding hydrogens is 200 g/mol. The van der Waals surface area contributed by atoms with E-state index in [4.69, 9.17) is 10.4 Å². The maximum Gasteiger partial charge on any atom is 0.0992 e. The number of aliphatic hydroxyl groups excluding tert-OH is 1. The van der Waals surface area contributed by atoms with Crippen LogP contribution >= 0.6 is 0 Å². The molecule has 0 radical (unpaired) electrons. The first-order chi connectivity index (χ1) is 7.76. The Balaban J connectivity index is 0.000000386. The molecule has 1 N–H and O–H groups in total. The summed E-state index contributed by atoms with van der Waals surface area (Å²) < 4.78 is 2.14. The lowest BCUT2D eigenvalue weighted by Crippen LogP contribution is -1.90. The van der Waals surface area contributed by atoms with Crippen LogP contribution in [0.5, 0.6) is 0 Å². The van der Waals surface area contributed by atoms with E-state index in [0.717, 1.165) is 17.6 Å². The van der Waals surface area contributed by atoms with Gasteiger partial charge in [-0.2, -0.15) is 5.26 Å². The van der Waals surface area contributed by atoms with Gasteiger partial charge >= 0.3 is 0 Å². The molecule has 0 unspecified atom stereocenters. The Bertz CT molecular complexity index is 494. The average Bonchev–Trinajstić information content (AvgIpc) is 2.71. The van der Waals surface area contributed by atoms with Crippen molar-refractivity contribution >= 4 is 10.9 Å². The molecule has 2 rings (SSSR count). The fraction of sp³-hybridized carbons (Fsp3) is 0.308. The van der Waals surface area contributed by atoms with Crippen molar-refractivity contribution in [2.75, 3.05) is 6.61 Å². The standard InChI is InChI=1S/C11H10N2.C2H6O/c1-2-13-6-5-10-4-3-9(8-12)7-11(10)13;1-2-3/h3-7H,2H2,1H3;3H,2H2,1H3. The third kappa shape index (κ3) is 2.62. The second kappa shape index (κ2) is 5.94. The third-order valence-electron chi connectivity index (χ3n) is 2.24.